The Morgan fingerprint density at radius 1 is 1.26 bits per heavy atom. The van der Waals surface area contributed by atoms with Crippen LogP contribution >= 0.6 is 0 Å². The van der Waals surface area contributed by atoms with Gasteiger partial charge in [-0.2, -0.15) is 0 Å². The first-order chi connectivity index (χ1) is 13.0. The molecular formula is C20H23N5O2. The second-order valence-corrected chi connectivity index (χ2v) is 7.35. The maximum absolute atomic E-state index is 12.5. The number of benzene rings is 1. The van der Waals surface area contributed by atoms with E-state index in [2.05, 4.69) is 25.8 Å². The highest BCUT2D eigenvalue weighted by atomic mass is 16.7. The van der Waals surface area contributed by atoms with Gasteiger partial charge in [-0.15, -0.1) is 0 Å². The molecule has 1 amide bonds. The van der Waals surface area contributed by atoms with Crippen molar-refractivity contribution in [2.24, 2.45) is 5.16 Å². The number of rotatable bonds is 5. The lowest BCUT2D eigenvalue weighted by molar-refractivity contribution is -0.141. The van der Waals surface area contributed by atoms with Gasteiger partial charge >= 0.3 is 0 Å². The molecular weight excluding hydrogens is 342 g/mol. The molecule has 1 saturated carbocycles. The van der Waals surface area contributed by atoms with Gasteiger partial charge in [0.1, 0.15) is 5.82 Å². The number of nitrogens with one attached hydrogen (secondary N) is 2. The third kappa shape index (κ3) is 3.49. The molecule has 1 atom stereocenters. The number of carbonyl (C=O) groups is 1. The molecule has 7 heteroatoms. The Bertz CT molecular complexity index is 905. The van der Waals surface area contributed by atoms with Crippen molar-refractivity contribution < 1.29 is 9.63 Å². The lowest BCUT2D eigenvalue weighted by Crippen LogP contribution is -2.45. The Labute approximate surface area is 158 Å². The van der Waals surface area contributed by atoms with Gasteiger partial charge in [0.15, 0.2) is 0 Å². The Morgan fingerprint density at radius 2 is 2.07 bits per heavy atom. The van der Waals surface area contributed by atoms with E-state index in [4.69, 9.17) is 4.84 Å². The van der Waals surface area contributed by atoms with Crippen molar-refractivity contribution in [1.29, 1.82) is 0 Å². The average molecular weight is 365 g/mol. The maximum atomic E-state index is 12.5. The summed E-state index contributed by atoms with van der Waals surface area (Å²) in [4.78, 5) is 26.8. The smallest absolute Gasteiger partial charge is 0.267 e. The zero-order valence-electron chi connectivity index (χ0n) is 15.7. The van der Waals surface area contributed by atoms with Gasteiger partial charge in [0, 0.05) is 30.6 Å². The summed E-state index contributed by atoms with van der Waals surface area (Å²) in [6.07, 6.45) is 5.99. The van der Waals surface area contributed by atoms with Crippen molar-refractivity contribution in [3.8, 4) is 11.3 Å². The lowest BCUT2D eigenvalue weighted by Gasteiger charge is -2.20. The molecule has 0 bridgehead atoms. The molecule has 4 rings (SSSR count). The molecule has 0 spiro atoms. The Hall–Kier alpha value is -2.96. The third-order valence-corrected chi connectivity index (χ3v) is 5.01. The van der Waals surface area contributed by atoms with Crippen LogP contribution in [0.2, 0.25) is 0 Å². The Balaban J connectivity index is 1.56. The molecule has 2 heterocycles. The highest BCUT2D eigenvalue weighted by molar-refractivity contribution is 6.06. The molecule has 140 valence electrons. The predicted molar refractivity (Wildman–Crippen MR) is 104 cm³/mol. The van der Waals surface area contributed by atoms with Gasteiger partial charge in [-0.25, -0.2) is 4.98 Å². The fourth-order valence-electron chi connectivity index (χ4n) is 3.06. The molecule has 0 saturated heterocycles. The number of hydrogen-bond donors (Lipinski definition) is 2. The molecule has 2 N–H and O–H groups in total. The van der Waals surface area contributed by atoms with E-state index in [1.165, 1.54) is 0 Å². The van der Waals surface area contributed by atoms with Crippen molar-refractivity contribution >= 4 is 17.4 Å². The number of carbonyl (C=O) groups excluding carboxylic acids is 1. The minimum Gasteiger partial charge on any atom is -0.379 e. The standard InChI is InChI=1S/C20H23N5O2/c1-12-4-5-13(8-15(12)17-10-23-18(21-3)11-22-17)16-9-20(2,27-25-16)19(26)24-14-6-7-14/h4-5,8,10-11,14H,6-7,9H2,1-3H3,(H,21,23)(H,24,26). The summed E-state index contributed by atoms with van der Waals surface area (Å²) in [7, 11) is 1.81. The first-order valence-corrected chi connectivity index (χ1v) is 9.16. The van der Waals surface area contributed by atoms with Crippen molar-refractivity contribution in [3.63, 3.8) is 0 Å². The van der Waals surface area contributed by atoms with Crippen LogP contribution in [0.5, 0.6) is 0 Å². The van der Waals surface area contributed by atoms with Crippen LogP contribution in [0.25, 0.3) is 11.3 Å². The number of oxime groups is 1. The summed E-state index contributed by atoms with van der Waals surface area (Å²) in [6.45, 7) is 3.82. The van der Waals surface area contributed by atoms with E-state index < -0.39 is 5.60 Å². The van der Waals surface area contributed by atoms with Gasteiger partial charge in [-0.3, -0.25) is 9.78 Å². The number of aromatic nitrogens is 2. The quantitative estimate of drug-likeness (QED) is 0.850. The van der Waals surface area contributed by atoms with E-state index in [9.17, 15) is 4.79 Å². The summed E-state index contributed by atoms with van der Waals surface area (Å²) in [6, 6.07) is 6.36. The van der Waals surface area contributed by atoms with Crippen LogP contribution in [0.1, 0.15) is 37.3 Å². The largest absolute Gasteiger partial charge is 0.379 e. The third-order valence-electron chi connectivity index (χ3n) is 5.01. The number of amides is 1. The van der Waals surface area contributed by atoms with Crippen molar-refractivity contribution in [2.75, 3.05) is 12.4 Å². The van der Waals surface area contributed by atoms with Crippen molar-refractivity contribution in [1.82, 2.24) is 15.3 Å². The van der Waals surface area contributed by atoms with E-state index in [1.807, 2.05) is 32.2 Å². The molecule has 1 aliphatic carbocycles. The molecule has 7 nitrogen and oxygen atoms in total. The van der Waals surface area contributed by atoms with Crippen LogP contribution in [0.3, 0.4) is 0 Å². The maximum Gasteiger partial charge on any atom is 0.267 e. The van der Waals surface area contributed by atoms with E-state index >= 15 is 0 Å². The zero-order valence-corrected chi connectivity index (χ0v) is 15.7. The van der Waals surface area contributed by atoms with E-state index in [0.717, 1.165) is 46.8 Å². The highest BCUT2D eigenvalue weighted by Gasteiger charge is 2.44. The number of hydrogen-bond acceptors (Lipinski definition) is 6. The average Bonchev–Trinajstić information content (AvgIpc) is 3.41. The normalized spacial score (nSPS) is 21.4. The van der Waals surface area contributed by atoms with Crippen LogP contribution in [-0.4, -0.2) is 40.3 Å². The number of nitrogens with zero attached hydrogens (tertiary/aromatic N) is 3. The molecule has 1 aromatic heterocycles. The molecule has 1 aromatic carbocycles. The van der Waals surface area contributed by atoms with E-state index in [1.54, 1.807) is 19.3 Å². The van der Waals surface area contributed by atoms with Crippen molar-refractivity contribution in [3.05, 3.63) is 41.7 Å². The summed E-state index contributed by atoms with van der Waals surface area (Å²) >= 11 is 0. The van der Waals surface area contributed by atoms with E-state index in [0.29, 0.717) is 12.5 Å². The van der Waals surface area contributed by atoms with Crippen LogP contribution in [0.15, 0.2) is 35.7 Å². The SMILES string of the molecule is CNc1cnc(-c2cc(C3=NOC(C)(C(=O)NC4CC4)C3)ccc2C)cn1. The minimum absolute atomic E-state index is 0.0930. The predicted octanol–water partition coefficient (Wildman–Crippen LogP) is 2.66. The van der Waals surface area contributed by atoms with E-state index in [-0.39, 0.29) is 5.91 Å². The van der Waals surface area contributed by atoms with Gasteiger partial charge in [0.2, 0.25) is 5.60 Å². The molecule has 2 aromatic rings. The van der Waals surface area contributed by atoms with Gasteiger partial charge < -0.3 is 15.5 Å². The summed E-state index contributed by atoms with van der Waals surface area (Å²) in [5, 5.41) is 10.2. The Kier molecular flexibility index (Phi) is 4.30. The molecule has 27 heavy (non-hydrogen) atoms. The van der Waals surface area contributed by atoms with Gasteiger partial charge in [-0.1, -0.05) is 17.3 Å². The fraction of sp³-hybridized carbons (Fsp3) is 0.400. The highest BCUT2D eigenvalue weighted by Crippen LogP contribution is 2.31. The number of anilines is 1. The molecule has 2 aliphatic rings. The first kappa shape index (κ1) is 17.5. The molecule has 1 unspecified atom stereocenters. The van der Waals surface area contributed by atoms with Crippen LogP contribution in [-0.2, 0) is 9.63 Å². The monoisotopic (exact) mass is 365 g/mol. The summed E-state index contributed by atoms with van der Waals surface area (Å²) in [5.41, 5.74) is 3.63. The van der Waals surface area contributed by atoms with Crippen LogP contribution in [0, 0.1) is 6.92 Å². The van der Waals surface area contributed by atoms with Crippen LogP contribution in [0.4, 0.5) is 5.82 Å². The van der Waals surface area contributed by atoms with Crippen LogP contribution < -0.4 is 10.6 Å². The second kappa shape index (κ2) is 6.64. The molecule has 1 aliphatic heterocycles. The lowest BCUT2D eigenvalue weighted by atomic mass is 9.93. The van der Waals surface area contributed by atoms with Gasteiger partial charge in [-0.05, 0) is 38.3 Å². The molecule has 1 fully saturated rings. The second-order valence-electron chi connectivity index (χ2n) is 7.35. The fourth-order valence-corrected chi connectivity index (χ4v) is 3.06. The summed E-state index contributed by atoms with van der Waals surface area (Å²) in [5.74, 6) is 0.628. The minimum atomic E-state index is -0.947. The Morgan fingerprint density at radius 3 is 2.74 bits per heavy atom. The van der Waals surface area contributed by atoms with Crippen molar-refractivity contribution in [2.45, 2.75) is 44.8 Å². The number of aryl methyl sites for hydroxylation is 1. The molecule has 0 radical (unpaired) electrons. The van der Waals surface area contributed by atoms with Gasteiger partial charge in [0.05, 0.1) is 23.8 Å². The van der Waals surface area contributed by atoms with Gasteiger partial charge in [0.25, 0.3) is 5.91 Å². The zero-order chi connectivity index (χ0) is 19.0. The first-order valence-electron chi connectivity index (χ1n) is 9.16. The topological polar surface area (TPSA) is 88.5 Å². The summed E-state index contributed by atoms with van der Waals surface area (Å²) < 4.78 is 0.